The summed E-state index contributed by atoms with van der Waals surface area (Å²) >= 11 is 1.53. The third-order valence-electron chi connectivity index (χ3n) is 3.51. The number of carbonyl (C=O) groups excluding carboxylic acids is 1. The number of amides is 1. The van der Waals surface area contributed by atoms with E-state index in [4.69, 9.17) is 4.42 Å². The van der Waals surface area contributed by atoms with Crippen molar-refractivity contribution in [3.05, 3.63) is 36.1 Å². The van der Waals surface area contributed by atoms with Crippen LogP contribution in [-0.4, -0.2) is 34.0 Å². The van der Waals surface area contributed by atoms with E-state index in [1.165, 1.54) is 18.0 Å². The van der Waals surface area contributed by atoms with E-state index in [2.05, 4.69) is 5.32 Å². The number of carbonyl (C=O) groups is 2. The molecule has 5 nitrogen and oxygen atoms in total. The quantitative estimate of drug-likeness (QED) is 0.905. The Bertz CT molecular complexity index is 673. The topological polar surface area (TPSA) is 79.5 Å². The number of fused-ring (bicyclic) bond motifs is 1. The molecular weight excluding hydrogens is 278 g/mol. The number of para-hydroxylation sites is 1. The second-order valence-electron chi connectivity index (χ2n) is 4.79. The van der Waals surface area contributed by atoms with Gasteiger partial charge >= 0.3 is 5.97 Å². The highest BCUT2D eigenvalue weighted by Gasteiger charge is 2.43. The van der Waals surface area contributed by atoms with Crippen LogP contribution in [0.1, 0.15) is 16.8 Å². The fourth-order valence-electron chi connectivity index (χ4n) is 2.32. The number of rotatable bonds is 3. The standard InChI is InChI=1S/C14H13NO4S/c16-12(15-14(13(17)18)5-6-20-8-14)10-7-19-11-4-2-1-3-9(10)11/h1-4,7H,5-6,8H2,(H,15,16)(H,17,18)/t14-/m1/s1. The summed E-state index contributed by atoms with van der Waals surface area (Å²) in [5.41, 5.74) is -0.180. The number of nitrogens with one attached hydrogen (secondary N) is 1. The average Bonchev–Trinajstić information content (AvgIpc) is 3.05. The van der Waals surface area contributed by atoms with Crippen LogP contribution in [0.4, 0.5) is 0 Å². The number of furan rings is 1. The summed E-state index contributed by atoms with van der Waals surface area (Å²) in [5, 5.41) is 12.7. The van der Waals surface area contributed by atoms with Crippen molar-refractivity contribution in [2.45, 2.75) is 12.0 Å². The average molecular weight is 291 g/mol. The molecule has 0 aliphatic carbocycles. The number of benzene rings is 1. The van der Waals surface area contributed by atoms with E-state index in [9.17, 15) is 14.7 Å². The Balaban J connectivity index is 1.91. The van der Waals surface area contributed by atoms with Gasteiger partial charge < -0.3 is 14.8 Å². The fraction of sp³-hybridized carbons (Fsp3) is 0.286. The summed E-state index contributed by atoms with van der Waals surface area (Å²) < 4.78 is 5.31. The minimum absolute atomic E-state index is 0.373. The van der Waals surface area contributed by atoms with Gasteiger partial charge in [-0.15, -0.1) is 0 Å². The molecule has 0 spiro atoms. The van der Waals surface area contributed by atoms with Crippen molar-refractivity contribution in [3.63, 3.8) is 0 Å². The lowest BCUT2D eigenvalue weighted by Gasteiger charge is -2.24. The third kappa shape index (κ3) is 2.06. The van der Waals surface area contributed by atoms with Crippen molar-refractivity contribution in [1.82, 2.24) is 5.32 Å². The van der Waals surface area contributed by atoms with Crippen LogP contribution < -0.4 is 5.32 Å². The van der Waals surface area contributed by atoms with E-state index in [-0.39, 0.29) is 0 Å². The lowest BCUT2D eigenvalue weighted by molar-refractivity contribution is -0.143. The molecule has 104 valence electrons. The van der Waals surface area contributed by atoms with Crippen LogP contribution in [0.5, 0.6) is 0 Å². The minimum atomic E-state index is -1.17. The van der Waals surface area contributed by atoms with Gasteiger partial charge in [-0.25, -0.2) is 4.79 Å². The van der Waals surface area contributed by atoms with Crippen molar-refractivity contribution in [1.29, 1.82) is 0 Å². The Kier molecular flexibility index (Phi) is 3.17. The van der Waals surface area contributed by atoms with Crippen LogP contribution in [0.2, 0.25) is 0 Å². The van der Waals surface area contributed by atoms with Gasteiger partial charge in [0.25, 0.3) is 5.91 Å². The Morgan fingerprint density at radius 1 is 1.35 bits per heavy atom. The zero-order valence-corrected chi connectivity index (χ0v) is 11.4. The van der Waals surface area contributed by atoms with Crippen molar-refractivity contribution in [3.8, 4) is 0 Å². The van der Waals surface area contributed by atoms with E-state index >= 15 is 0 Å². The zero-order chi connectivity index (χ0) is 14.2. The molecule has 1 saturated heterocycles. The Morgan fingerprint density at radius 3 is 2.85 bits per heavy atom. The van der Waals surface area contributed by atoms with Crippen LogP contribution >= 0.6 is 11.8 Å². The molecule has 0 bridgehead atoms. The van der Waals surface area contributed by atoms with Gasteiger partial charge in [0.05, 0.1) is 5.56 Å². The van der Waals surface area contributed by atoms with Gasteiger partial charge in [0.1, 0.15) is 17.4 Å². The van der Waals surface area contributed by atoms with Crippen LogP contribution in [0.25, 0.3) is 11.0 Å². The molecule has 0 unspecified atom stereocenters. The molecule has 1 fully saturated rings. The summed E-state index contributed by atoms with van der Waals surface area (Å²) in [6, 6.07) is 7.18. The maximum Gasteiger partial charge on any atom is 0.330 e. The molecule has 1 aliphatic rings. The van der Waals surface area contributed by atoms with Gasteiger partial charge in [-0.05, 0) is 18.2 Å². The number of carboxylic acid groups (broad SMARTS) is 1. The first kappa shape index (κ1) is 13.1. The van der Waals surface area contributed by atoms with Crippen LogP contribution in [0, 0.1) is 0 Å². The van der Waals surface area contributed by atoms with E-state index in [0.29, 0.717) is 28.7 Å². The monoisotopic (exact) mass is 291 g/mol. The van der Waals surface area contributed by atoms with Gasteiger partial charge in [-0.3, -0.25) is 4.79 Å². The van der Waals surface area contributed by atoms with Crippen molar-refractivity contribution >= 4 is 34.6 Å². The summed E-state index contributed by atoms with van der Waals surface area (Å²) in [7, 11) is 0. The maximum atomic E-state index is 12.3. The van der Waals surface area contributed by atoms with Crippen LogP contribution in [-0.2, 0) is 4.79 Å². The van der Waals surface area contributed by atoms with E-state index < -0.39 is 17.4 Å². The predicted molar refractivity (Wildman–Crippen MR) is 76.0 cm³/mol. The number of carboxylic acids is 1. The maximum absolute atomic E-state index is 12.3. The van der Waals surface area contributed by atoms with Crippen molar-refractivity contribution < 1.29 is 19.1 Å². The lowest BCUT2D eigenvalue weighted by Crippen LogP contribution is -2.54. The summed E-state index contributed by atoms with van der Waals surface area (Å²) in [6.07, 6.45) is 1.81. The molecule has 2 N–H and O–H groups in total. The Hall–Kier alpha value is -1.95. The summed E-state index contributed by atoms with van der Waals surface area (Å²) in [6.45, 7) is 0. The Labute approximate surface area is 119 Å². The van der Waals surface area contributed by atoms with Crippen LogP contribution in [0.3, 0.4) is 0 Å². The minimum Gasteiger partial charge on any atom is -0.479 e. The molecular formula is C14H13NO4S. The van der Waals surface area contributed by atoms with Gasteiger partial charge in [0.2, 0.25) is 0 Å². The SMILES string of the molecule is O=C(N[C@]1(C(=O)O)CCSC1)c1coc2ccccc12. The molecule has 2 heterocycles. The first-order valence-corrected chi connectivity index (χ1v) is 7.38. The first-order valence-electron chi connectivity index (χ1n) is 6.22. The predicted octanol–water partition coefficient (Wildman–Crippen LogP) is 2.12. The molecule has 6 heteroatoms. The third-order valence-corrected chi connectivity index (χ3v) is 4.70. The first-order chi connectivity index (χ1) is 9.62. The highest BCUT2D eigenvalue weighted by Crippen LogP contribution is 2.29. The summed E-state index contributed by atoms with van der Waals surface area (Å²) in [5.74, 6) is -0.258. The zero-order valence-electron chi connectivity index (χ0n) is 10.6. The summed E-state index contributed by atoms with van der Waals surface area (Å²) in [4.78, 5) is 23.8. The molecule has 1 aliphatic heterocycles. The van der Waals surface area contributed by atoms with Crippen LogP contribution in [0.15, 0.2) is 34.9 Å². The highest BCUT2D eigenvalue weighted by molar-refractivity contribution is 7.99. The van der Waals surface area contributed by atoms with E-state index in [0.717, 1.165) is 5.75 Å². The number of hydrogen-bond acceptors (Lipinski definition) is 4. The normalized spacial score (nSPS) is 22.0. The van der Waals surface area contributed by atoms with Gasteiger partial charge in [0.15, 0.2) is 0 Å². The molecule has 1 aromatic heterocycles. The molecule has 20 heavy (non-hydrogen) atoms. The van der Waals surface area contributed by atoms with Crippen molar-refractivity contribution in [2.75, 3.05) is 11.5 Å². The molecule has 1 atom stereocenters. The second-order valence-corrected chi connectivity index (χ2v) is 5.89. The number of aliphatic carboxylic acids is 1. The van der Waals surface area contributed by atoms with Gasteiger partial charge in [-0.2, -0.15) is 11.8 Å². The molecule has 1 aromatic carbocycles. The van der Waals surface area contributed by atoms with Gasteiger partial charge in [-0.1, -0.05) is 18.2 Å². The van der Waals surface area contributed by atoms with Crippen molar-refractivity contribution in [2.24, 2.45) is 0 Å². The molecule has 0 saturated carbocycles. The van der Waals surface area contributed by atoms with Gasteiger partial charge in [0, 0.05) is 11.1 Å². The second kappa shape index (κ2) is 4.86. The molecule has 1 amide bonds. The lowest BCUT2D eigenvalue weighted by atomic mass is 9.98. The number of thioether (sulfide) groups is 1. The molecule has 0 radical (unpaired) electrons. The number of hydrogen-bond donors (Lipinski definition) is 2. The fourth-order valence-corrected chi connectivity index (χ4v) is 3.65. The van der Waals surface area contributed by atoms with E-state index in [1.807, 2.05) is 12.1 Å². The smallest absolute Gasteiger partial charge is 0.330 e. The molecule has 3 rings (SSSR count). The highest BCUT2D eigenvalue weighted by atomic mass is 32.2. The Morgan fingerprint density at radius 2 is 2.15 bits per heavy atom. The largest absolute Gasteiger partial charge is 0.479 e. The van der Waals surface area contributed by atoms with E-state index in [1.54, 1.807) is 12.1 Å². The molecule has 2 aromatic rings.